The minimum absolute atomic E-state index is 0.427. The van der Waals surface area contributed by atoms with Crippen molar-refractivity contribution in [2.45, 2.75) is 32.2 Å². The van der Waals surface area contributed by atoms with E-state index >= 15 is 0 Å². The van der Waals surface area contributed by atoms with Gasteiger partial charge in [0.05, 0.1) is 11.2 Å². The first-order valence-corrected chi connectivity index (χ1v) is 3.82. The fourth-order valence-corrected chi connectivity index (χ4v) is 1.28. The van der Waals surface area contributed by atoms with Gasteiger partial charge < -0.3 is 0 Å². The van der Waals surface area contributed by atoms with Gasteiger partial charge >= 0.3 is 0 Å². The molecule has 0 aliphatic heterocycles. The summed E-state index contributed by atoms with van der Waals surface area (Å²) in [6.07, 6.45) is 4.05. The number of hydrogen-bond donors (Lipinski definition) is 0. The van der Waals surface area contributed by atoms with Crippen LogP contribution in [0.5, 0.6) is 0 Å². The third-order valence-corrected chi connectivity index (χ3v) is 2.19. The van der Waals surface area contributed by atoms with Gasteiger partial charge in [-0.3, -0.25) is 0 Å². The molecular weight excluding hydrogens is 130 g/mol. The Bertz CT molecular complexity index is 134. The van der Waals surface area contributed by atoms with Crippen LogP contribution < -0.4 is 0 Å². The van der Waals surface area contributed by atoms with Crippen molar-refractivity contribution in [2.75, 3.05) is 0 Å². The molecule has 0 N–H and O–H groups in total. The van der Waals surface area contributed by atoms with Gasteiger partial charge in [0, 0.05) is 0 Å². The van der Waals surface area contributed by atoms with Gasteiger partial charge in [0.25, 0.3) is 0 Å². The minimum atomic E-state index is 0.427. The van der Waals surface area contributed by atoms with Crippen LogP contribution in [-0.4, -0.2) is 11.2 Å². The van der Waals surface area contributed by atoms with Crippen LogP contribution >= 0.6 is 12.2 Å². The highest BCUT2D eigenvalue weighted by Gasteiger charge is 2.22. The molecule has 0 heterocycles. The maximum atomic E-state index is 4.50. The van der Waals surface area contributed by atoms with E-state index in [0.29, 0.717) is 6.04 Å². The maximum Gasteiger partial charge on any atom is 0.0602 e. The number of rotatable bonds is 2. The van der Waals surface area contributed by atoms with Gasteiger partial charge in [-0.2, -0.15) is 0 Å². The van der Waals surface area contributed by atoms with Crippen molar-refractivity contribution in [1.82, 2.24) is 0 Å². The van der Waals surface area contributed by atoms with Crippen molar-refractivity contribution in [3.8, 4) is 0 Å². The number of nitrogens with zero attached hydrogens (tertiary/aromatic N) is 1. The van der Waals surface area contributed by atoms with E-state index in [-0.39, 0.29) is 0 Å². The summed E-state index contributed by atoms with van der Waals surface area (Å²) in [7, 11) is 0. The second-order valence-electron chi connectivity index (χ2n) is 2.65. The lowest BCUT2D eigenvalue weighted by molar-refractivity contribution is 0.275. The highest BCUT2D eigenvalue weighted by molar-refractivity contribution is 7.78. The Morgan fingerprint density at radius 1 is 1.67 bits per heavy atom. The summed E-state index contributed by atoms with van der Waals surface area (Å²) >= 11 is 4.50. The zero-order valence-electron chi connectivity index (χ0n) is 5.63. The minimum Gasteiger partial charge on any atom is -0.229 e. The zero-order valence-corrected chi connectivity index (χ0v) is 6.45. The van der Waals surface area contributed by atoms with E-state index in [1.807, 2.05) is 0 Å². The van der Waals surface area contributed by atoms with Crippen molar-refractivity contribution >= 4 is 17.4 Å². The lowest BCUT2D eigenvalue weighted by Crippen LogP contribution is -2.22. The third kappa shape index (κ3) is 1.60. The van der Waals surface area contributed by atoms with Crippen LogP contribution in [0.1, 0.15) is 26.2 Å². The topological polar surface area (TPSA) is 12.4 Å². The van der Waals surface area contributed by atoms with E-state index < -0.39 is 0 Å². The largest absolute Gasteiger partial charge is 0.229 e. The average Bonchev–Trinajstić information content (AvgIpc) is 1.60. The van der Waals surface area contributed by atoms with Gasteiger partial charge in [-0.15, -0.1) is 0 Å². The Balaban J connectivity index is 2.31. The molecule has 1 aliphatic rings. The second-order valence-corrected chi connectivity index (χ2v) is 2.83. The predicted octanol–water partition coefficient (Wildman–Crippen LogP) is 2.28. The summed E-state index contributed by atoms with van der Waals surface area (Å²) in [4.78, 5) is 4.01. The molecular formula is C7H11NS. The van der Waals surface area contributed by atoms with Crippen LogP contribution in [0.15, 0.2) is 4.99 Å². The molecule has 0 spiro atoms. The lowest BCUT2D eigenvalue weighted by Gasteiger charge is -2.27. The summed E-state index contributed by atoms with van der Waals surface area (Å²) in [6, 6.07) is 0.427. The quantitative estimate of drug-likeness (QED) is 0.424. The number of thiocarbonyl (C=S) groups is 1. The summed E-state index contributed by atoms with van der Waals surface area (Å²) in [6.45, 7) is 2.11. The molecule has 1 fully saturated rings. The van der Waals surface area contributed by atoms with Gasteiger partial charge in [0.1, 0.15) is 0 Å². The Morgan fingerprint density at radius 2 is 2.33 bits per heavy atom. The van der Waals surface area contributed by atoms with Gasteiger partial charge in [-0.1, -0.05) is 6.42 Å². The molecule has 0 bridgehead atoms. The monoisotopic (exact) mass is 141 g/mol. The molecule has 0 amide bonds. The smallest absolute Gasteiger partial charge is 0.0602 e. The molecule has 0 saturated heterocycles. The van der Waals surface area contributed by atoms with Gasteiger partial charge in [-0.05, 0) is 37.9 Å². The normalized spacial score (nSPS) is 21.9. The maximum absolute atomic E-state index is 4.50. The van der Waals surface area contributed by atoms with E-state index in [2.05, 4.69) is 29.3 Å². The van der Waals surface area contributed by atoms with Crippen molar-refractivity contribution in [1.29, 1.82) is 0 Å². The Kier molecular flexibility index (Phi) is 2.38. The zero-order chi connectivity index (χ0) is 6.69. The summed E-state index contributed by atoms with van der Waals surface area (Å²) < 4.78 is 0. The van der Waals surface area contributed by atoms with E-state index in [1.54, 1.807) is 0 Å². The predicted molar refractivity (Wildman–Crippen MR) is 41.8 cm³/mol. The lowest BCUT2D eigenvalue weighted by atomic mass is 9.81. The average molecular weight is 141 g/mol. The molecule has 50 valence electrons. The van der Waals surface area contributed by atoms with E-state index in [4.69, 9.17) is 0 Å². The molecule has 1 rings (SSSR count). The first-order chi connectivity index (χ1) is 4.34. The first kappa shape index (κ1) is 6.91. The van der Waals surface area contributed by atoms with Gasteiger partial charge in [0.15, 0.2) is 0 Å². The van der Waals surface area contributed by atoms with Crippen molar-refractivity contribution in [2.24, 2.45) is 10.9 Å². The number of hydrogen-bond acceptors (Lipinski definition) is 2. The van der Waals surface area contributed by atoms with Gasteiger partial charge in [-0.25, -0.2) is 4.99 Å². The molecule has 1 nitrogen and oxygen atoms in total. The first-order valence-electron chi connectivity index (χ1n) is 3.41. The van der Waals surface area contributed by atoms with Crippen LogP contribution in [0.2, 0.25) is 0 Å². The van der Waals surface area contributed by atoms with E-state index in [0.717, 1.165) is 5.92 Å². The van der Waals surface area contributed by atoms with Gasteiger partial charge in [0.2, 0.25) is 0 Å². The molecule has 2 heteroatoms. The van der Waals surface area contributed by atoms with Crippen molar-refractivity contribution in [3.05, 3.63) is 0 Å². The summed E-state index contributed by atoms with van der Waals surface area (Å²) in [5, 5.41) is 2.42. The standard InChI is InChI=1S/C7H11NS/c1-6(8-5-9)7-3-2-4-7/h6-7H,2-4H2,1H3. The highest BCUT2D eigenvalue weighted by Crippen LogP contribution is 2.30. The van der Waals surface area contributed by atoms with E-state index in [9.17, 15) is 0 Å². The molecule has 1 saturated carbocycles. The molecule has 1 unspecified atom stereocenters. The molecule has 0 aromatic rings. The molecule has 9 heavy (non-hydrogen) atoms. The molecule has 0 aromatic carbocycles. The third-order valence-electron chi connectivity index (χ3n) is 2.09. The molecule has 0 radical (unpaired) electrons. The van der Waals surface area contributed by atoms with Crippen molar-refractivity contribution in [3.63, 3.8) is 0 Å². The fourth-order valence-electron chi connectivity index (χ4n) is 1.11. The Morgan fingerprint density at radius 3 is 2.67 bits per heavy atom. The van der Waals surface area contributed by atoms with Crippen LogP contribution in [0.3, 0.4) is 0 Å². The molecule has 1 aliphatic carbocycles. The fraction of sp³-hybridized carbons (Fsp3) is 0.857. The van der Waals surface area contributed by atoms with Crippen LogP contribution in [0, 0.1) is 5.92 Å². The number of isothiocyanates is 1. The molecule has 1 atom stereocenters. The SMILES string of the molecule is CC(N=C=S)C1CCC1. The summed E-state index contributed by atoms with van der Waals surface area (Å²) in [5.41, 5.74) is 0. The van der Waals surface area contributed by atoms with Crippen LogP contribution in [-0.2, 0) is 0 Å². The van der Waals surface area contributed by atoms with Crippen molar-refractivity contribution < 1.29 is 0 Å². The van der Waals surface area contributed by atoms with Crippen LogP contribution in [0.4, 0.5) is 0 Å². The molecule has 0 aromatic heterocycles. The number of aliphatic imine (C=N–C) groups is 1. The van der Waals surface area contributed by atoms with Crippen LogP contribution in [0.25, 0.3) is 0 Å². The second kappa shape index (κ2) is 3.09. The Hall–Kier alpha value is -0.200. The van der Waals surface area contributed by atoms with E-state index in [1.165, 1.54) is 19.3 Å². The Labute approximate surface area is 61.2 Å². The highest BCUT2D eigenvalue weighted by atomic mass is 32.1. The summed E-state index contributed by atoms with van der Waals surface area (Å²) in [5.74, 6) is 0.806.